The molecule has 1 aromatic rings. The Morgan fingerprint density at radius 3 is 2.74 bits per heavy atom. The molecule has 0 unspecified atom stereocenters. The van der Waals surface area contributed by atoms with Gasteiger partial charge in [-0.05, 0) is 45.7 Å². The molecule has 0 saturated heterocycles. The van der Waals surface area contributed by atoms with Gasteiger partial charge in [0.2, 0.25) is 0 Å². The fourth-order valence-electron chi connectivity index (χ4n) is 2.65. The van der Waals surface area contributed by atoms with Crippen molar-refractivity contribution in [1.29, 1.82) is 0 Å². The van der Waals surface area contributed by atoms with Crippen molar-refractivity contribution >= 4 is 29.9 Å². The fraction of sp³-hybridized carbons (Fsp3) is 0.706. The lowest BCUT2D eigenvalue weighted by molar-refractivity contribution is 0.218. The highest BCUT2D eigenvalue weighted by molar-refractivity contribution is 14.0. The van der Waals surface area contributed by atoms with Crippen LogP contribution in [0.5, 0.6) is 0 Å². The lowest BCUT2D eigenvalue weighted by Crippen LogP contribution is -2.40. The zero-order valence-corrected chi connectivity index (χ0v) is 16.9. The summed E-state index contributed by atoms with van der Waals surface area (Å²) in [5.41, 5.74) is 0. The molecule has 1 heterocycles. The van der Waals surface area contributed by atoms with E-state index in [4.69, 9.17) is 4.42 Å². The molecule has 0 radical (unpaired) electrons. The van der Waals surface area contributed by atoms with Gasteiger partial charge in [-0.25, -0.2) is 0 Å². The summed E-state index contributed by atoms with van der Waals surface area (Å²) in [5, 5.41) is 6.67. The van der Waals surface area contributed by atoms with Crippen molar-refractivity contribution in [2.45, 2.75) is 52.1 Å². The van der Waals surface area contributed by atoms with Crippen LogP contribution in [0.2, 0.25) is 0 Å². The second kappa shape index (κ2) is 10.9. The largest absolute Gasteiger partial charge is 0.469 e. The molecule has 1 fully saturated rings. The molecular weight excluding hydrogens is 403 g/mol. The first-order valence-electron chi connectivity index (χ1n) is 8.51. The molecule has 0 aromatic carbocycles. The van der Waals surface area contributed by atoms with Crippen molar-refractivity contribution in [3.8, 4) is 0 Å². The van der Waals surface area contributed by atoms with Gasteiger partial charge in [0.05, 0.1) is 12.8 Å². The molecule has 1 saturated carbocycles. The summed E-state index contributed by atoms with van der Waals surface area (Å²) in [6.07, 6.45) is 5.29. The molecule has 2 rings (SSSR count). The Balaban J connectivity index is 0.00000264. The number of rotatable bonds is 9. The normalized spacial score (nSPS) is 14.9. The third-order valence-electron chi connectivity index (χ3n) is 3.90. The number of hydrogen-bond acceptors (Lipinski definition) is 3. The van der Waals surface area contributed by atoms with Crippen LogP contribution in [0.1, 0.15) is 39.4 Å². The van der Waals surface area contributed by atoms with Gasteiger partial charge in [-0.3, -0.25) is 9.89 Å². The standard InChI is InChI=1S/C17H30N4O.HI/c1-4-18-17(19-10-9-16-6-5-13-22-16)20-11-12-21(14(2)3)15-7-8-15;/h5-6,13-15H,4,7-12H2,1-3H3,(H2,18,19,20);1H. The van der Waals surface area contributed by atoms with Gasteiger partial charge >= 0.3 is 0 Å². The predicted octanol–water partition coefficient (Wildman–Crippen LogP) is 2.87. The topological polar surface area (TPSA) is 52.8 Å². The van der Waals surface area contributed by atoms with Crippen LogP contribution >= 0.6 is 24.0 Å². The molecular formula is C17H31IN4O. The van der Waals surface area contributed by atoms with Crippen LogP contribution < -0.4 is 10.6 Å². The predicted molar refractivity (Wildman–Crippen MR) is 107 cm³/mol. The molecule has 5 nitrogen and oxygen atoms in total. The van der Waals surface area contributed by atoms with Crippen LogP contribution in [0.15, 0.2) is 27.8 Å². The molecule has 0 amide bonds. The van der Waals surface area contributed by atoms with E-state index in [0.717, 1.165) is 50.4 Å². The van der Waals surface area contributed by atoms with E-state index in [-0.39, 0.29) is 24.0 Å². The molecule has 1 aliphatic rings. The zero-order valence-electron chi connectivity index (χ0n) is 14.5. The number of nitrogens with one attached hydrogen (secondary N) is 2. The Bertz CT molecular complexity index is 441. The number of nitrogens with zero attached hydrogens (tertiary/aromatic N) is 2. The molecule has 1 aliphatic carbocycles. The maximum absolute atomic E-state index is 5.34. The summed E-state index contributed by atoms with van der Waals surface area (Å²) in [4.78, 5) is 7.25. The van der Waals surface area contributed by atoms with Crippen molar-refractivity contribution in [1.82, 2.24) is 15.5 Å². The summed E-state index contributed by atoms with van der Waals surface area (Å²) < 4.78 is 5.34. The average Bonchev–Trinajstić information content (AvgIpc) is 3.19. The van der Waals surface area contributed by atoms with Gasteiger partial charge in [0, 0.05) is 38.1 Å². The molecule has 132 valence electrons. The van der Waals surface area contributed by atoms with Gasteiger partial charge in [0.15, 0.2) is 5.96 Å². The number of hydrogen-bond donors (Lipinski definition) is 2. The Kier molecular flexibility index (Phi) is 9.62. The number of aliphatic imine (C=N–C) groups is 1. The lowest BCUT2D eigenvalue weighted by Gasteiger charge is -2.25. The van der Waals surface area contributed by atoms with Gasteiger partial charge in [0.25, 0.3) is 0 Å². The third-order valence-corrected chi connectivity index (χ3v) is 3.90. The Morgan fingerprint density at radius 2 is 2.17 bits per heavy atom. The van der Waals surface area contributed by atoms with E-state index < -0.39 is 0 Å². The Hall–Kier alpha value is -0.760. The summed E-state index contributed by atoms with van der Waals surface area (Å²) in [6, 6.07) is 5.33. The molecule has 1 aromatic heterocycles. The van der Waals surface area contributed by atoms with Crippen molar-refractivity contribution in [2.75, 3.05) is 26.2 Å². The van der Waals surface area contributed by atoms with Crippen LogP contribution in [0.4, 0.5) is 0 Å². The second-order valence-electron chi connectivity index (χ2n) is 6.08. The minimum Gasteiger partial charge on any atom is -0.469 e. The van der Waals surface area contributed by atoms with E-state index in [1.807, 2.05) is 12.1 Å². The monoisotopic (exact) mass is 434 g/mol. The first-order chi connectivity index (χ1) is 10.7. The van der Waals surface area contributed by atoms with Gasteiger partial charge < -0.3 is 15.1 Å². The SMILES string of the molecule is CCNC(=NCCN(C(C)C)C1CC1)NCCc1ccco1.I. The molecule has 0 bridgehead atoms. The summed E-state index contributed by atoms with van der Waals surface area (Å²) in [5.74, 6) is 1.90. The van der Waals surface area contributed by atoms with E-state index >= 15 is 0 Å². The average molecular weight is 434 g/mol. The van der Waals surface area contributed by atoms with Crippen molar-refractivity contribution in [3.05, 3.63) is 24.2 Å². The highest BCUT2D eigenvalue weighted by Crippen LogP contribution is 2.28. The fourth-order valence-corrected chi connectivity index (χ4v) is 2.65. The maximum atomic E-state index is 5.34. The molecule has 0 atom stereocenters. The van der Waals surface area contributed by atoms with Crippen LogP contribution in [0, 0.1) is 0 Å². The van der Waals surface area contributed by atoms with Crippen molar-refractivity contribution in [3.63, 3.8) is 0 Å². The molecule has 0 spiro atoms. The number of halogens is 1. The number of furan rings is 1. The quantitative estimate of drug-likeness (QED) is 0.357. The van der Waals surface area contributed by atoms with Gasteiger partial charge in [-0.15, -0.1) is 24.0 Å². The molecule has 0 aliphatic heterocycles. The Labute approximate surface area is 157 Å². The van der Waals surface area contributed by atoms with Crippen molar-refractivity contribution < 1.29 is 4.42 Å². The summed E-state index contributed by atoms with van der Waals surface area (Å²) in [6.45, 7) is 10.2. The zero-order chi connectivity index (χ0) is 15.8. The maximum Gasteiger partial charge on any atom is 0.191 e. The summed E-state index contributed by atoms with van der Waals surface area (Å²) in [7, 11) is 0. The first kappa shape index (κ1) is 20.3. The number of guanidine groups is 1. The van der Waals surface area contributed by atoms with Crippen LogP contribution in [0.25, 0.3) is 0 Å². The van der Waals surface area contributed by atoms with Crippen LogP contribution in [-0.4, -0.2) is 49.1 Å². The summed E-state index contributed by atoms with van der Waals surface area (Å²) >= 11 is 0. The molecule has 2 N–H and O–H groups in total. The third kappa shape index (κ3) is 7.56. The lowest BCUT2D eigenvalue weighted by atomic mass is 10.3. The van der Waals surface area contributed by atoms with E-state index in [1.165, 1.54) is 12.8 Å². The molecule has 23 heavy (non-hydrogen) atoms. The van der Waals surface area contributed by atoms with Crippen LogP contribution in [-0.2, 0) is 6.42 Å². The van der Waals surface area contributed by atoms with Crippen molar-refractivity contribution in [2.24, 2.45) is 4.99 Å². The van der Waals surface area contributed by atoms with E-state index in [0.29, 0.717) is 6.04 Å². The Morgan fingerprint density at radius 1 is 1.39 bits per heavy atom. The van der Waals surface area contributed by atoms with E-state index in [9.17, 15) is 0 Å². The van der Waals surface area contributed by atoms with E-state index in [1.54, 1.807) is 6.26 Å². The minimum absolute atomic E-state index is 0. The highest BCUT2D eigenvalue weighted by Gasteiger charge is 2.29. The first-order valence-corrected chi connectivity index (χ1v) is 8.51. The smallest absolute Gasteiger partial charge is 0.191 e. The highest BCUT2D eigenvalue weighted by atomic mass is 127. The second-order valence-corrected chi connectivity index (χ2v) is 6.08. The van der Waals surface area contributed by atoms with Gasteiger partial charge in [-0.1, -0.05) is 0 Å². The van der Waals surface area contributed by atoms with Gasteiger partial charge in [-0.2, -0.15) is 0 Å². The van der Waals surface area contributed by atoms with Gasteiger partial charge in [0.1, 0.15) is 5.76 Å². The minimum atomic E-state index is 0. The van der Waals surface area contributed by atoms with E-state index in [2.05, 4.69) is 41.3 Å². The van der Waals surface area contributed by atoms with Crippen LogP contribution in [0.3, 0.4) is 0 Å². The molecule has 6 heteroatoms.